The van der Waals surface area contributed by atoms with Gasteiger partial charge in [-0.3, -0.25) is 9.69 Å². The number of rotatable bonds is 6. The highest BCUT2D eigenvalue weighted by Crippen LogP contribution is 2.24. The summed E-state index contributed by atoms with van der Waals surface area (Å²) in [5.41, 5.74) is 0.826. The summed E-state index contributed by atoms with van der Waals surface area (Å²) in [6.45, 7) is 6.06. The zero-order valence-corrected chi connectivity index (χ0v) is 12.4. The van der Waals surface area contributed by atoms with E-state index in [0.29, 0.717) is 18.5 Å². The van der Waals surface area contributed by atoms with E-state index in [1.807, 2.05) is 29.9 Å². The molecule has 106 valence electrons. The summed E-state index contributed by atoms with van der Waals surface area (Å²) in [5.74, 6) is 0.863. The van der Waals surface area contributed by atoms with Crippen molar-refractivity contribution in [3.05, 3.63) is 24.0 Å². The highest BCUT2D eigenvalue weighted by Gasteiger charge is 2.25. The van der Waals surface area contributed by atoms with Crippen LogP contribution in [0.4, 0.5) is 0 Å². The van der Waals surface area contributed by atoms with Gasteiger partial charge in [-0.1, -0.05) is 26.7 Å². The Balaban J connectivity index is 2.02. The van der Waals surface area contributed by atoms with E-state index >= 15 is 0 Å². The van der Waals surface area contributed by atoms with Crippen LogP contribution in [0.15, 0.2) is 18.3 Å². The summed E-state index contributed by atoms with van der Waals surface area (Å²) in [6.07, 6.45) is 7.09. The first-order chi connectivity index (χ1) is 9.08. The van der Waals surface area contributed by atoms with Gasteiger partial charge in [0.2, 0.25) is 0 Å². The fourth-order valence-electron chi connectivity index (χ4n) is 3.10. The zero-order chi connectivity index (χ0) is 13.8. The molecular weight excluding hydrogens is 236 g/mol. The van der Waals surface area contributed by atoms with Gasteiger partial charge in [0.15, 0.2) is 5.78 Å². The Morgan fingerprint density at radius 3 is 2.63 bits per heavy atom. The van der Waals surface area contributed by atoms with Crippen LogP contribution in [0.25, 0.3) is 0 Å². The molecule has 2 rings (SSSR count). The Labute approximate surface area is 116 Å². The van der Waals surface area contributed by atoms with E-state index in [1.165, 1.54) is 25.7 Å². The third-order valence-electron chi connectivity index (χ3n) is 4.02. The van der Waals surface area contributed by atoms with Gasteiger partial charge in [0.05, 0.1) is 12.2 Å². The van der Waals surface area contributed by atoms with Crippen molar-refractivity contribution in [2.75, 3.05) is 13.1 Å². The second kappa shape index (κ2) is 6.38. The van der Waals surface area contributed by atoms with Crippen molar-refractivity contribution in [3.8, 4) is 0 Å². The van der Waals surface area contributed by atoms with Gasteiger partial charge < -0.3 is 4.57 Å². The summed E-state index contributed by atoms with van der Waals surface area (Å²) < 4.78 is 1.92. The molecule has 19 heavy (non-hydrogen) atoms. The third-order valence-corrected chi connectivity index (χ3v) is 4.02. The van der Waals surface area contributed by atoms with Crippen LogP contribution in [0.1, 0.15) is 50.0 Å². The maximum atomic E-state index is 12.4. The highest BCUT2D eigenvalue weighted by atomic mass is 16.1. The molecule has 1 aromatic rings. The predicted octanol–water partition coefficient (Wildman–Crippen LogP) is 3.11. The van der Waals surface area contributed by atoms with Crippen LogP contribution in [-0.4, -0.2) is 34.4 Å². The molecule has 0 radical (unpaired) electrons. The molecule has 1 aromatic heterocycles. The van der Waals surface area contributed by atoms with Crippen molar-refractivity contribution in [2.24, 2.45) is 13.0 Å². The Bertz CT molecular complexity index is 416. The molecule has 0 spiro atoms. The molecule has 0 amide bonds. The number of hydrogen-bond acceptors (Lipinski definition) is 2. The number of nitrogens with zero attached hydrogens (tertiary/aromatic N) is 2. The van der Waals surface area contributed by atoms with Gasteiger partial charge in [-0.05, 0) is 30.9 Å². The molecule has 1 saturated carbocycles. The van der Waals surface area contributed by atoms with Crippen LogP contribution in [0.3, 0.4) is 0 Å². The van der Waals surface area contributed by atoms with Crippen molar-refractivity contribution in [3.63, 3.8) is 0 Å². The molecule has 0 atom stereocenters. The maximum absolute atomic E-state index is 12.4. The minimum atomic E-state index is 0.250. The molecule has 0 saturated heterocycles. The molecular formula is C16H26N2O. The molecule has 1 fully saturated rings. The second-order valence-electron chi connectivity index (χ2n) is 6.19. The summed E-state index contributed by atoms with van der Waals surface area (Å²) in [7, 11) is 1.94. The standard InChI is InChI=1S/C16H26N2O/c1-13(2)11-18(14-7-4-5-8-14)12-16(19)15-9-6-10-17(15)3/h6,9-10,13-14H,4-5,7-8,11-12H2,1-3H3. The largest absolute Gasteiger partial charge is 0.348 e. The Kier molecular flexibility index (Phi) is 4.81. The predicted molar refractivity (Wildman–Crippen MR) is 78.4 cm³/mol. The molecule has 3 nitrogen and oxygen atoms in total. The van der Waals surface area contributed by atoms with E-state index in [-0.39, 0.29) is 5.78 Å². The first kappa shape index (κ1) is 14.3. The molecule has 1 aliphatic rings. The second-order valence-corrected chi connectivity index (χ2v) is 6.19. The molecule has 1 heterocycles. The van der Waals surface area contributed by atoms with E-state index in [1.54, 1.807) is 0 Å². The van der Waals surface area contributed by atoms with Gasteiger partial charge in [-0.25, -0.2) is 0 Å². The van der Waals surface area contributed by atoms with Gasteiger partial charge in [0, 0.05) is 25.8 Å². The molecule has 0 N–H and O–H groups in total. The summed E-state index contributed by atoms with van der Waals surface area (Å²) >= 11 is 0. The lowest BCUT2D eigenvalue weighted by Crippen LogP contribution is -2.40. The fraction of sp³-hybridized carbons (Fsp3) is 0.688. The quantitative estimate of drug-likeness (QED) is 0.736. The van der Waals surface area contributed by atoms with E-state index < -0.39 is 0 Å². The lowest BCUT2D eigenvalue weighted by molar-refractivity contribution is 0.0868. The van der Waals surface area contributed by atoms with Crippen molar-refractivity contribution in [2.45, 2.75) is 45.6 Å². The lowest BCUT2D eigenvalue weighted by atomic mass is 10.1. The van der Waals surface area contributed by atoms with Crippen LogP contribution in [-0.2, 0) is 7.05 Å². The summed E-state index contributed by atoms with van der Waals surface area (Å²) in [4.78, 5) is 14.8. The van der Waals surface area contributed by atoms with E-state index in [0.717, 1.165) is 12.2 Å². The van der Waals surface area contributed by atoms with Crippen LogP contribution in [0.5, 0.6) is 0 Å². The average Bonchev–Trinajstić information content (AvgIpc) is 2.97. The van der Waals surface area contributed by atoms with Crippen LogP contribution >= 0.6 is 0 Å². The Morgan fingerprint density at radius 1 is 1.42 bits per heavy atom. The van der Waals surface area contributed by atoms with Crippen molar-refractivity contribution >= 4 is 5.78 Å². The number of aromatic nitrogens is 1. The van der Waals surface area contributed by atoms with Gasteiger partial charge in [-0.15, -0.1) is 0 Å². The van der Waals surface area contributed by atoms with Crippen LogP contribution < -0.4 is 0 Å². The monoisotopic (exact) mass is 262 g/mol. The number of carbonyl (C=O) groups is 1. The zero-order valence-electron chi connectivity index (χ0n) is 12.4. The lowest BCUT2D eigenvalue weighted by Gasteiger charge is -2.29. The molecule has 3 heteroatoms. The minimum absolute atomic E-state index is 0.250. The van der Waals surface area contributed by atoms with E-state index in [9.17, 15) is 4.79 Å². The van der Waals surface area contributed by atoms with E-state index in [2.05, 4.69) is 18.7 Å². The van der Waals surface area contributed by atoms with Gasteiger partial charge >= 0.3 is 0 Å². The molecule has 0 unspecified atom stereocenters. The van der Waals surface area contributed by atoms with Gasteiger partial charge in [0.25, 0.3) is 0 Å². The van der Waals surface area contributed by atoms with Gasteiger partial charge in [0.1, 0.15) is 0 Å². The van der Waals surface area contributed by atoms with Crippen molar-refractivity contribution in [1.82, 2.24) is 9.47 Å². The van der Waals surface area contributed by atoms with Crippen LogP contribution in [0, 0.1) is 5.92 Å². The van der Waals surface area contributed by atoms with Gasteiger partial charge in [-0.2, -0.15) is 0 Å². The highest BCUT2D eigenvalue weighted by molar-refractivity contribution is 5.96. The minimum Gasteiger partial charge on any atom is -0.348 e. The average molecular weight is 262 g/mol. The van der Waals surface area contributed by atoms with Crippen molar-refractivity contribution < 1.29 is 4.79 Å². The van der Waals surface area contributed by atoms with Crippen LogP contribution in [0.2, 0.25) is 0 Å². The Morgan fingerprint density at radius 2 is 2.11 bits per heavy atom. The number of hydrogen-bond donors (Lipinski definition) is 0. The first-order valence-electron chi connectivity index (χ1n) is 7.46. The number of Topliss-reactive ketones (excluding diaryl/α,β-unsaturated/α-hetero) is 1. The smallest absolute Gasteiger partial charge is 0.193 e. The number of aryl methyl sites for hydroxylation is 1. The topological polar surface area (TPSA) is 25.2 Å². The SMILES string of the molecule is CC(C)CN(CC(=O)c1cccn1C)C1CCCC1. The summed E-state index contributed by atoms with van der Waals surface area (Å²) in [6, 6.07) is 4.48. The van der Waals surface area contributed by atoms with Crippen molar-refractivity contribution in [1.29, 1.82) is 0 Å². The van der Waals surface area contributed by atoms with E-state index in [4.69, 9.17) is 0 Å². The Hall–Kier alpha value is -1.09. The molecule has 0 bridgehead atoms. The third kappa shape index (κ3) is 3.69. The number of ketones is 1. The summed E-state index contributed by atoms with van der Waals surface area (Å²) in [5, 5.41) is 0. The fourth-order valence-corrected chi connectivity index (χ4v) is 3.10. The molecule has 1 aliphatic carbocycles. The first-order valence-corrected chi connectivity index (χ1v) is 7.46. The normalized spacial score (nSPS) is 16.7. The molecule has 0 aromatic carbocycles. The number of carbonyl (C=O) groups excluding carboxylic acids is 1. The maximum Gasteiger partial charge on any atom is 0.193 e. The molecule has 0 aliphatic heterocycles.